The van der Waals surface area contributed by atoms with Crippen LogP contribution < -0.4 is 0 Å². The Hall–Kier alpha value is -1.20. The number of ketones is 1. The predicted molar refractivity (Wildman–Crippen MR) is 100 cm³/mol. The fraction of sp³-hybridized carbons (Fsp3) is 0.0556. The standard InChI is InChI=1S/C18H12BrIO/c19-11-18(21)15-7-8-17(20)16(10-15)14-6-5-12-3-1-2-4-13(12)9-14/h1-10H,11H2. The SMILES string of the molecule is O=C(CBr)c1ccc(I)c(-c2ccc3ccccc3c2)c1. The van der Waals surface area contributed by atoms with Crippen LogP contribution in [0.25, 0.3) is 21.9 Å². The van der Waals surface area contributed by atoms with Gasteiger partial charge in [0.2, 0.25) is 0 Å². The number of benzene rings is 3. The quantitative estimate of drug-likeness (QED) is 0.284. The number of hydrogen-bond acceptors (Lipinski definition) is 1. The number of rotatable bonds is 3. The first-order chi connectivity index (χ1) is 10.2. The first-order valence-corrected chi connectivity index (χ1v) is 8.77. The van der Waals surface area contributed by atoms with E-state index in [1.165, 1.54) is 10.8 Å². The molecule has 0 aliphatic rings. The van der Waals surface area contributed by atoms with E-state index < -0.39 is 0 Å². The second-order valence-corrected chi connectivity index (χ2v) is 6.54. The van der Waals surface area contributed by atoms with Crippen molar-refractivity contribution in [3.8, 4) is 11.1 Å². The Kier molecular flexibility index (Phi) is 4.40. The molecule has 0 bridgehead atoms. The van der Waals surface area contributed by atoms with Gasteiger partial charge in [-0.2, -0.15) is 0 Å². The Balaban J connectivity index is 2.15. The van der Waals surface area contributed by atoms with Gasteiger partial charge >= 0.3 is 0 Å². The van der Waals surface area contributed by atoms with Gasteiger partial charge in [-0.3, -0.25) is 4.79 Å². The number of Topliss-reactive ketones (excluding diaryl/α,β-unsaturated/α-hetero) is 1. The molecule has 0 amide bonds. The van der Waals surface area contributed by atoms with E-state index in [1.54, 1.807) is 0 Å². The molecule has 0 aliphatic heterocycles. The van der Waals surface area contributed by atoms with Crippen LogP contribution in [-0.4, -0.2) is 11.1 Å². The lowest BCUT2D eigenvalue weighted by Crippen LogP contribution is -2.00. The van der Waals surface area contributed by atoms with Crippen LogP contribution in [0.4, 0.5) is 0 Å². The normalized spacial score (nSPS) is 10.8. The maximum absolute atomic E-state index is 11.9. The number of carbonyl (C=O) groups is 1. The second-order valence-electron chi connectivity index (χ2n) is 4.81. The molecular formula is C18H12BrIO. The lowest BCUT2D eigenvalue weighted by Gasteiger charge is -2.08. The molecule has 0 aliphatic carbocycles. The minimum atomic E-state index is 0.105. The summed E-state index contributed by atoms with van der Waals surface area (Å²) in [7, 11) is 0. The summed E-state index contributed by atoms with van der Waals surface area (Å²) in [6, 6.07) is 20.6. The maximum Gasteiger partial charge on any atom is 0.173 e. The molecule has 3 aromatic rings. The van der Waals surface area contributed by atoms with Crippen LogP contribution in [0.1, 0.15) is 10.4 Å². The molecule has 0 unspecified atom stereocenters. The van der Waals surface area contributed by atoms with E-state index in [0.717, 1.165) is 20.3 Å². The van der Waals surface area contributed by atoms with Crippen molar-refractivity contribution >= 4 is 55.1 Å². The minimum Gasteiger partial charge on any atom is -0.293 e. The minimum absolute atomic E-state index is 0.105. The van der Waals surface area contributed by atoms with Gasteiger partial charge in [-0.1, -0.05) is 58.4 Å². The smallest absolute Gasteiger partial charge is 0.173 e. The summed E-state index contributed by atoms with van der Waals surface area (Å²) < 4.78 is 1.15. The topological polar surface area (TPSA) is 17.1 Å². The van der Waals surface area contributed by atoms with Gasteiger partial charge in [-0.05, 0) is 62.7 Å². The molecule has 0 atom stereocenters. The van der Waals surface area contributed by atoms with E-state index in [-0.39, 0.29) is 5.78 Å². The Morgan fingerprint density at radius 3 is 2.48 bits per heavy atom. The molecule has 0 radical (unpaired) electrons. The molecule has 1 nitrogen and oxygen atoms in total. The van der Waals surface area contributed by atoms with Crippen LogP contribution in [0.2, 0.25) is 0 Å². The third kappa shape index (κ3) is 3.04. The highest BCUT2D eigenvalue weighted by molar-refractivity contribution is 14.1. The van der Waals surface area contributed by atoms with Gasteiger partial charge in [0.25, 0.3) is 0 Å². The van der Waals surface area contributed by atoms with Crippen LogP contribution in [0.15, 0.2) is 60.7 Å². The fourth-order valence-corrected chi connectivity index (χ4v) is 3.32. The Morgan fingerprint density at radius 2 is 1.71 bits per heavy atom. The molecule has 3 heteroatoms. The Bertz CT molecular complexity index is 826. The first-order valence-electron chi connectivity index (χ1n) is 6.57. The summed E-state index contributed by atoms with van der Waals surface area (Å²) in [6.07, 6.45) is 0. The van der Waals surface area contributed by atoms with Crippen LogP contribution in [0.5, 0.6) is 0 Å². The van der Waals surface area contributed by atoms with Crippen LogP contribution >= 0.6 is 38.5 Å². The van der Waals surface area contributed by atoms with Crippen molar-refractivity contribution in [2.75, 3.05) is 5.33 Å². The number of alkyl halides is 1. The first kappa shape index (κ1) is 14.7. The summed E-state index contributed by atoms with van der Waals surface area (Å²) >= 11 is 5.55. The summed E-state index contributed by atoms with van der Waals surface area (Å²) in [5.74, 6) is 0.105. The van der Waals surface area contributed by atoms with Crippen LogP contribution in [0, 0.1) is 3.57 Å². The summed E-state index contributed by atoms with van der Waals surface area (Å²) in [4.78, 5) is 11.9. The molecule has 0 heterocycles. The number of carbonyl (C=O) groups excluding carboxylic acids is 1. The Labute approximate surface area is 145 Å². The van der Waals surface area contributed by atoms with Gasteiger partial charge in [0.15, 0.2) is 5.78 Å². The maximum atomic E-state index is 11.9. The van der Waals surface area contributed by atoms with Gasteiger partial charge in [-0.25, -0.2) is 0 Å². The van der Waals surface area contributed by atoms with Gasteiger partial charge in [0, 0.05) is 9.13 Å². The lowest BCUT2D eigenvalue weighted by molar-refractivity contribution is 0.102. The summed E-state index contributed by atoms with van der Waals surface area (Å²) in [5, 5.41) is 2.79. The summed E-state index contributed by atoms with van der Waals surface area (Å²) in [5.41, 5.74) is 2.99. The molecule has 3 aromatic carbocycles. The largest absolute Gasteiger partial charge is 0.293 e. The molecule has 21 heavy (non-hydrogen) atoms. The van der Waals surface area contributed by atoms with Crippen molar-refractivity contribution in [2.45, 2.75) is 0 Å². The molecule has 0 fully saturated rings. The van der Waals surface area contributed by atoms with E-state index in [1.807, 2.05) is 30.3 Å². The zero-order chi connectivity index (χ0) is 14.8. The van der Waals surface area contributed by atoms with E-state index in [0.29, 0.717) is 5.33 Å². The van der Waals surface area contributed by atoms with Gasteiger partial charge in [0.1, 0.15) is 0 Å². The monoisotopic (exact) mass is 450 g/mol. The summed E-state index contributed by atoms with van der Waals surface area (Å²) in [6.45, 7) is 0. The highest BCUT2D eigenvalue weighted by Gasteiger charge is 2.09. The number of hydrogen-bond donors (Lipinski definition) is 0. The third-order valence-electron chi connectivity index (χ3n) is 3.47. The highest BCUT2D eigenvalue weighted by atomic mass is 127. The molecule has 0 aromatic heterocycles. The molecular weight excluding hydrogens is 439 g/mol. The Morgan fingerprint density at radius 1 is 0.952 bits per heavy atom. The zero-order valence-electron chi connectivity index (χ0n) is 11.1. The molecule has 0 saturated carbocycles. The van der Waals surface area contributed by atoms with Gasteiger partial charge < -0.3 is 0 Å². The molecule has 3 rings (SSSR count). The zero-order valence-corrected chi connectivity index (χ0v) is 14.9. The predicted octanol–water partition coefficient (Wildman–Crippen LogP) is 5.69. The molecule has 0 N–H and O–H groups in total. The fourth-order valence-electron chi connectivity index (χ4n) is 2.35. The van der Waals surface area contributed by atoms with Crippen molar-refractivity contribution in [2.24, 2.45) is 0 Å². The lowest BCUT2D eigenvalue weighted by atomic mass is 9.99. The van der Waals surface area contributed by atoms with Crippen molar-refractivity contribution in [3.63, 3.8) is 0 Å². The van der Waals surface area contributed by atoms with Crippen molar-refractivity contribution in [1.29, 1.82) is 0 Å². The average molecular weight is 451 g/mol. The van der Waals surface area contributed by atoms with Crippen LogP contribution in [0.3, 0.4) is 0 Å². The van der Waals surface area contributed by atoms with Crippen LogP contribution in [-0.2, 0) is 0 Å². The third-order valence-corrected chi connectivity index (χ3v) is 4.92. The van der Waals surface area contributed by atoms with Crippen molar-refractivity contribution in [1.82, 2.24) is 0 Å². The van der Waals surface area contributed by atoms with Crippen molar-refractivity contribution in [3.05, 3.63) is 69.8 Å². The van der Waals surface area contributed by atoms with E-state index in [4.69, 9.17) is 0 Å². The van der Waals surface area contributed by atoms with E-state index in [2.05, 4.69) is 68.9 Å². The highest BCUT2D eigenvalue weighted by Crippen LogP contribution is 2.29. The van der Waals surface area contributed by atoms with E-state index >= 15 is 0 Å². The second kappa shape index (κ2) is 6.28. The number of fused-ring (bicyclic) bond motifs is 1. The average Bonchev–Trinajstić information content (AvgIpc) is 2.54. The molecule has 0 spiro atoms. The van der Waals surface area contributed by atoms with E-state index in [9.17, 15) is 4.79 Å². The van der Waals surface area contributed by atoms with Gasteiger partial charge in [-0.15, -0.1) is 0 Å². The molecule has 104 valence electrons. The van der Waals surface area contributed by atoms with Gasteiger partial charge in [0.05, 0.1) is 5.33 Å². The van der Waals surface area contributed by atoms with Crippen molar-refractivity contribution < 1.29 is 4.79 Å². The number of halogens is 2. The molecule has 0 saturated heterocycles.